The number of nitrogens with one attached hydrogen (secondary N) is 1. The Bertz CT molecular complexity index is 1160. The number of carboxylic acid groups (broad SMARTS) is 1. The summed E-state index contributed by atoms with van der Waals surface area (Å²) in [6.07, 6.45) is 3.47. The summed E-state index contributed by atoms with van der Waals surface area (Å²) in [5, 5.41) is 23.6. The van der Waals surface area contributed by atoms with Crippen LogP contribution in [0.4, 0.5) is 5.82 Å². The van der Waals surface area contributed by atoms with Crippen molar-refractivity contribution in [3.63, 3.8) is 0 Å². The molecule has 0 amide bonds. The highest BCUT2D eigenvalue weighted by Gasteiger charge is 2.15. The Hall–Kier alpha value is -4.00. The van der Waals surface area contributed by atoms with Gasteiger partial charge >= 0.3 is 5.97 Å². The molecule has 0 fully saturated rings. The normalized spacial score (nSPS) is 10.7. The van der Waals surface area contributed by atoms with Crippen LogP contribution in [0, 0.1) is 0 Å². The third-order valence-electron chi connectivity index (χ3n) is 4.27. The minimum atomic E-state index is -1.09. The van der Waals surface area contributed by atoms with Crippen LogP contribution in [0.2, 0.25) is 0 Å². The molecule has 0 radical (unpaired) electrons. The molecule has 4 aromatic rings. The van der Waals surface area contributed by atoms with Crippen molar-refractivity contribution in [2.75, 3.05) is 5.32 Å². The summed E-state index contributed by atoms with van der Waals surface area (Å²) < 4.78 is 0. The average molecular weight is 372 g/mol. The largest absolute Gasteiger partial charge is 0.507 e. The molecule has 0 aliphatic rings. The first kappa shape index (κ1) is 17.4. The first-order valence-corrected chi connectivity index (χ1v) is 8.58. The van der Waals surface area contributed by atoms with E-state index in [9.17, 15) is 15.0 Å². The zero-order valence-electron chi connectivity index (χ0n) is 14.7. The van der Waals surface area contributed by atoms with E-state index in [0.717, 1.165) is 10.9 Å². The number of carboxylic acids is 1. The number of hydrogen-bond acceptors (Lipinski definition) is 6. The van der Waals surface area contributed by atoms with Crippen LogP contribution in [-0.4, -0.2) is 31.1 Å². The molecule has 0 saturated carbocycles. The molecule has 3 N–H and O–H groups in total. The third kappa shape index (κ3) is 3.45. The van der Waals surface area contributed by atoms with Gasteiger partial charge in [0.2, 0.25) is 0 Å². The second-order valence-corrected chi connectivity index (χ2v) is 6.16. The molecule has 2 aromatic carbocycles. The maximum absolute atomic E-state index is 11.3. The van der Waals surface area contributed by atoms with E-state index < -0.39 is 5.97 Å². The first-order chi connectivity index (χ1) is 13.6. The first-order valence-electron chi connectivity index (χ1n) is 8.58. The lowest BCUT2D eigenvalue weighted by atomic mass is 10.1. The van der Waals surface area contributed by atoms with Crippen LogP contribution in [-0.2, 0) is 6.54 Å². The zero-order chi connectivity index (χ0) is 19.5. The van der Waals surface area contributed by atoms with Crippen LogP contribution in [0.3, 0.4) is 0 Å². The van der Waals surface area contributed by atoms with Crippen molar-refractivity contribution < 1.29 is 15.0 Å². The Morgan fingerprint density at radius 3 is 2.68 bits per heavy atom. The van der Waals surface area contributed by atoms with Gasteiger partial charge in [0.05, 0.1) is 16.6 Å². The molecule has 0 spiro atoms. The fourth-order valence-corrected chi connectivity index (χ4v) is 2.87. The van der Waals surface area contributed by atoms with Crippen molar-refractivity contribution in [2.45, 2.75) is 6.54 Å². The Morgan fingerprint density at radius 2 is 1.89 bits per heavy atom. The van der Waals surface area contributed by atoms with E-state index in [4.69, 9.17) is 0 Å². The highest BCUT2D eigenvalue weighted by Crippen LogP contribution is 2.31. The van der Waals surface area contributed by atoms with Gasteiger partial charge < -0.3 is 15.5 Å². The lowest BCUT2D eigenvalue weighted by Gasteiger charge is -2.12. The number of para-hydroxylation sites is 1. The lowest BCUT2D eigenvalue weighted by molar-refractivity contribution is 0.0697. The molecule has 0 saturated heterocycles. The monoisotopic (exact) mass is 372 g/mol. The second-order valence-electron chi connectivity index (χ2n) is 6.16. The van der Waals surface area contributed by atoms with E-state index in [2.05, 4.69) is 20.3 Å². The Balaban J connectivity index is 1.80. The maximum Gasteiger partial charge on any atom is 0.335 e. The number of nitrogens with zero attached hydrogens (tertiary/aromatic N) is 3. The molecule has 0 aliphatic carbocycles. The van der Waals surface area contributed by atoms with Gasteiger partial charge in [-0.25, -0.2) is 14.8 Å². The Labute approximate surface area is 160 Å². The molecule has 0 atom stereocenters. The summed E-state index contributed by atoms with van der Waals surface area (Å²) >= 11 is 0. The molecule has 2 heterocycles. The van der Waals surface area contributed by atoms with E-state index in [1.165, 1.54) is 18.2 Å². The van der Waals surface area contributed by atoms with Crippen molar-refractivity contribution in [3.8, 4) is 17.1 Å². The van der Waals surface area contributed by atoms with Crippen molar-refractivity contribution in [1.29, 1.82) is 0 Å². The number of anilines is 1. The number of aromatic carboxylic acids is 1. The van der Waals surface area contributed by atoms with Gasteiger partial charge in [0.25, 0.3) is 0 Å². The number of rotatable bonds is 5. The van der Waals surface area contributed by atoms with Crippen LogP contribution < -0.4 is 5.32 Å². The van der Waals surface area contributed by atoms with Crippen molar-refractivity contribution in [2.24, 2.45) is 0 Å². The topological polar surface area (TPSA) is 108 Å². The van der Waals surface area contributed by atoms with Gasteiger partial charge in [-0.05, 0) is 42.0 Å². The number of pyridine rings is 1. The Morgan fingerprint density at radius 1 is 1.04 bits per heavy atom. The van der Waals surface area contributed by atoms with Crippen LogP contribution in [0.25, 0.3) is 22.3 Å². The third-order valence-corrected chi connectivity index (χ3v) is 4.27. The van der Waals surface area contributed by atoms with E-state index in [1.807, 2.05) is 36.4 Å². The van der Waals surface area contributed by atoms with E-state index >= 15 is 0 Å². The molecule has 0 unspecified atom stereocenters. The van der Waals surface area contributed by atoms with Crippen LogP contribution in [0.5, 0.6) is 5.75 Å². The SMILES string of the molecule is O=C(O)c1ccc(O)c(-c2nc(NCc3cccnc3)c3ccccc3n2)c1. The summed E-state index contributed by atoms with van der Waals surface area (Å²) in [4.78, 5) is 24.5. The number of aromatic hydroxyl groups is 1. The van der Waals surface area contributed by atoms with Gasteiger partial charge in [-0.2, -0.15) is 0 Å². The quantitative estimate of drug-likeness (QED) is 0.490. The maximum atomic E-state index is 11.3. The van der Waals surface area contributed by atoms with Gasteiger partial charge in [0.15, 0.2) is 5.82 Å². The van der Waals surface area contributed by atoms with Gasteiger partial charge in [-0.1, -0.05) is 18.2 Å². The van der Waals surface area contributed by atoms with E-state index in [1.54, 1.807) is 12.4 Å². The number of phenols is 1. The number of hydrogen-bond donors (Lipinski definition) is 3. The zero-order valence-corrected chi connectivity index (χ0v) is 14.7. The molecule has 4 rings (SSSR count). The van der Waals surface area contributed by atoms with Gasteiger partial charge in [0, 0.05) is 24.3 Å². The molecule has 138 valence electrons. The molecule has 28 heavy (non-hydrogen) atoms. The standard InChI is InChI=1S/C21H16N4O3/c26-18-8-7-14(21(27)28)10-16(18)20-24-17-6-2-1-5-15(17)19(25-20)23-12-13-4-3-9-22-11-13/h1-11,26H,12H2,(H,27,28)(H,23,24,25). The number of carbonyl (C=O) groups is 1. The minimum Gasteiger partial charge on any atom is -0.507 e. The lowest BCUT2D eigenvalue weighted by Crippen LogP contribution is -2.05. The van der Waals surface area contributed by atoms with Crippen LogP contribution >= 0.6 is 0 Å². The summed E-state index contributed by atoms with van der Waals surface area (Å²) in [6, 6.07) is 15.3. The molecule has 2 aromatic heterocycles. The fraction of sp³-hybridized carbons (Fsp3) is 0.0476. The molecule has 0 aliphatic heterocycles. The van der Waals surface area contributed by atoms with Gasteiger partial charge in [-0.3, -0.25) is 4.98 Å². The minimum absolute atomic E-state index is 0.0504. The summed E-state index contributed by atoms with van der Waals surface area (Å²) in [7, 11) is 0. The molecular weight excluding hydrogens is 356 g/mol. The van der Waals surface area contributed by atoms with Crippen molar-refractivity contribution >= 4 is 22.7 Å². The fourth-order valence-electron chi connectivity index (χ4n) is 2.87. The Kier molecular flexibility index (Phi) is 4.55. The van der Waals surface area contributed by atoms with Crippen molar-refractivity contribution in [3.05, 3.63) is 78.1 Å². The number of fused-ring (bicyclic) bond motifs is 1. The molecule has 7 nitrogen and oxygen atoms in total. The highest BCUT2D eigenvalue weighted by atomic mass is 16.4. The van der Waals surface area contributed by atoms with Crippen molar-refractivity contribution in [1.82, 2.24) is 15.0 Å². The summed E-state index contributed by atoms with van der Waals surface area (Å²) in [6.45, 7) is 0.509. The van der Waals surface area contributed by atoms with Crippen LogP contribution in [0.15, 0.2) is 67.0 Å². The van der Waals surface area contributed by atoms with Gasteiger partial charge in [0.1, 0.15) is 11.6 Å². The average Bonchev–Trinajstić information content (AvgIpc) is 2.72. The van der Waals surface area contributed by atoms with E-state index in [-0.39, 0.29) is 22.7 Å². The number of benzene rings is 2. The predicted molar refractivity (Wildman–Crippen MR) is 105 cm³/mol. The van der Waals surface area contributed by atoms with Crippen LogP contribution in [0.1, 0.15) is 15.9 Å². The molecule has 7 heteroatoms. The molecular formula is C21H16N4O3. The smallest absolute Gasteiger partial charge is 0.335 e. The van der Waals surface area contributed by atoms with E-state index in [0.29, 0.717) is 17.9 Å². The number of phenolic OH excluding ortho intramolecular Hbond substituents is 1. The summed E-state index contributed by atoms with van der Waals surface area (Å²) in [5.41, 5.74) is 1.98. The highest BCUT2D eigenvalue weighted by molar-refractivity contribution is 5.92. The predicted octanol–water partition coefficient (Wildman–Crippen LogP) is 3.71. The number of aromatic nitrogens is 3. The second kappa shape index (κ2) is 7.32. The van der Waals surface area contributed by atoms with Gasteiger partial charge in [-0.15, -0.1) is 0 Å². The molecule has 0 bridgehead atoms. The summed E-state index contributed by atoms with van der Waals surface area (Å²) in [5.74, 6) is -0.340.